The fraction of sp³-hybridized carbons (Fsp3) is 0.467. The Hall–Kier alpha value is -1.88. The van der Waals surface area contributed by atoms with E-state index in [9.17, 15) is 9.59 Å². The van der Waals surface area contributed by atoms with Crippen molar-refractivity contribution < 1.29 is 0 Å². The van der Waals surface area contributed by atoms with Crippen LogP contribution in [0.5, 0.6) is 0 Å². The molecule has 2 aromatic rings. The predicted molar refractivity (Wildman–Crippen MR) is 79.2 cm³/mol. The summed E-state index contributed by atoms with van der Waals surface area (Å²) in [5, 5.41) is 3.95. The molecule has 1 fully saturated rings. The number of hydrogen-bond acceptors (Lipinski definition) is 3. The summed E-state index contributed by atoms with van der Waals surface area (Å²) < 4.78 is 1.32. The maximum absolute atomic E-state index is 12.5. The third kappa shape index (κ3) is 2.41. The summed E-state index contributed by atoms with van der Waals surface area (Å²) in [5.41, 5.74) is 1.11. The summed E-state index contributed by atoms with van der Waals surface area (Å²) in [7, 11) is 0. The van der Waals surface area contributed by atoms with Crippen molar-refractivity contribution in [3.63, 3.8) is 0 Å². The van der Waals surface area contributed by atoms with Gasteiger partial charge in [-0.2, -0.15) is 0 Å². The molecule has 0 aliphatic carbocycles. The summed E-state index contributed by atoms with van der Waals surface area (Å²) in [5.74, 6) is 0. The average Bonchev–Trinajstić information content (AvgIpc) is 2.46. The van der Waals surface area contributed by atoms with E-state index >= 15 is 0 Å². The van der Waals surface area contributed by atoms with Gasteiger partial charge < -0.3 is 10.3 Å². The molecule has 0 amide bonds. The second-order valence-corrected chi connectivity index (χ2v) is 5.54. The maximum Gasteiger partial charge on any atom is 0.328 e. The van der Waals surface area contributed by atoms with Crippen LogP contribution in [-0.2, 0) is 6.54 Å². The van der Waals surface area contributed by atoms with Gasteiger partial charge in [-0.1, -0.05) is 18.1 Å². The van der Waals surface area contributed by atoms with Crippen LogP contribution in [0.15, 0.2) is 27.8 Å². The van der Waals surface area contributed by atoms with Gasteiger partial charge in [-0.05, 0) is 38.4 Å². The molecule has 1 atom stereocenters. The van der Waals surface area contributed by atoms with Crippen LogP contribution in [0.1, 0.15) is 24.8 Å². The van der Waals surface area contributed by atoms with Crippen molar-refractivity contribution in [1.82, 2.24) is 14.9 Å². The van der Waals surface area contributed by atoms with Gasteiger partial charge in [0.05, 0.1) is 10.9 Å². The van der Waals surface area contributed by atoms with Gasteiger partial charge in [-0.3, -0.25) is 9.36 Å². The van der Waals surface area contributed by atoms with Crippen LogP contribution < -0.4 is 16.6 Å². The quantitative estimate of drug-likeness (QED) is 0.862. The van der Waals surface area contributed by atoms with E-state index in [0.717, 1.165) is 24.9 Å². The molecule has 1 saturated heterocycles. The van der Waals surface area contributed by atoms with E-state index in [-0.39, 0.29) is 17.3 Å². The fourth-order valence-corrected chi connectivity index (χ4v) is 2.83. The number of fused-ring (bicyclic) bond motifs is 1. The molecular formula is C15H19N3O2. The molecule has 106 valence electrons. The standard InChI is InChI=1S/C15H19N3O2/c1-10-5-6-13-12(8-10)14(19)18(15(20)17-13)9-11-4-2-3-7-16-11/h5-6,8,11,16H,2-4,7,9H2,1H3,(H,17,20). The van der Waals surface area contributed by atoms with Gasteiger partial charge >= 0.3 is 5.69 Å². The lowest BCUT2D eigenvalue weighted by Crippen LogP contribution is -2.44. The zero-order chi connectivity index (χ0) is 14.1. The van der Waals surface area contributed by atoms with Crippen LogP contribution in [0, 0.1) is 6.92 Å². The van der Waals surface area contributed by atoms with Crippen molar-refractivity contribution in [2.45, 2.75) is 38.8 Å². The van der Waals surface area contributed by atoms with E-state index in [0.29, 0.717) is 17.4 Å². The van der Waals surface area contributed by atoms with E-state index in [1.807, 2.05) is 19.1 Å². The largest absolute Gasteiger partial charge is 0.328 e. The minimum absolute atomic E-state index is 0.195. The number of hydrogen-bond donors (Lipinski definition) is 2. The molecule has 1 aromatic heterocycles. The molecule has 0 bridgehead atoms. The number of nitrogens with one attached hydrogen (secondary N) is 2. The molecule has 5 heteroatoms. The molecule has 3 rings (SSSR count). The summed E-state index contributed by atoms with van der Waals surface area (Å²) in [6.45, 7) is 3.35. The molecule has 0 radical (unpaired) electrons. The first-order valence-corrected chi connectivity index (χ1v) is 7.12. The number of aromatic amines is 1. The molecule has 1 unspecified atom stereocenters. The van der Waals surface area contributed by atoms with Gasteiger partial charge in [0.15, 0.2) is 0 Å². The Morgan fingerprint density at radius 1 is 1.30 bits per heavy atom. The highest BCUT2D eigenvalue weighted by atomic mass is 16.2. The molecule has 0 spiro atoms. The molecule has 1 aromatic carbocycles. The number of nitrogens with zero attached hydrogens (tertiary/aromatic N) is 1. The molecule has 1 aliphatic heterocycles. The maximum atomic E-state index is 12.5. The van der Waals surface area contributed by atoms with E-state index in [1.54, 1.807) is 6.07 Å². The van der Waals surface area contributed by atoms with Crippen LogP contribution >= 0.6 is 0 Å². The minimum atomic E-state index is -0.321. The van der Waals surface area contributed by atoms with Crippen LogP contribution in [0.4, 0.5) is 0 Å². The van der Waals surface area contributed by atoms with Gasteiger partial charge in [0.1, 0.15) is 0 Å². The lowest BCUT2D eigenvalue weighted by atomic mass is 10.1. The highest BCUT2D eigenvalue weighted by Crippen LogP contribution is 2.10. The normalized spacial score (nSPS) is 19.4. The van der Waals surface area contributed by atoms with Gasteiger partial charge in [-0.25, -0.2) is 4.79 Å². The number of aromatic nitrogens is 2. The zero-order valence-corrected chi connectivity index (χ0v) is 11.6. The monoisotopic (exact) mass is 273 g/mol. The molecule has 20 heavy (non-hydrogen) atoms. The lowest BCUT2D eigenvalue weighted by Gasteiger charge is -2.23. The molecule has 2 N–H and O–H groups in total. The Morgan fingerprint density at radius 2 is 2.15 bits per heavy atom. The van der Waals surface area contributed by atoms with E-state index < -0.39 is 0 Å². The second-order valence-electron chi connectivity index (χ2n) is 5.54. The van der Waals surface area contributed by atoms with Crippen LogP contribution in [0.3, 0.4) is 0 Å². The van der Waals surface area contributed by atoms with Crippen molar-refractivity contribution in [2.24, 2.45) is 0 Å². The van der Waals surface area contributed by atoms with Gasteiger partial charge in [-0.15, -0.1) is 0 Å². The number of piperidine rings is 1. The molecule has 2 heterocycles. The number of rotatable bonds is 2. The van der Waals surface area contributed by atoms with E-state index in [2.05, 4.69) is 10.3 Å². The van der Waals surface area contributed by atoms with Crippen molar-refractivity contribution in [3.8, 4) is 0 Å². The lowest BCUT2D eigenvalue weighted by molar-refractivity contribution is 0.355. The van der Waals surface area contributed by atoms with Crippen LogP contribution in [0.2, 0.25) is 0 Å². The Labute approximate surface area is 116 Å². The Kier molecular flexibility index (Phi) is 3.44. The first-order chi connectivity index (χ1) is 9.65. The highest BCUT2D eigenvalue weighted by molar-refractivity contribution is 5.77. The first kappa shape index (κ1) is 13.1. The zero-order valence-electron chi connectivity index (χ0n) is 11.6. The minimum Gasteiger partial charge on any atom is -0.312 e. The summed E-state index contributed by atoms with van der Waals surface area (Å²) >= 11 is 0. The van der Waals surface area contributed by atoms with Gasteiger partial charge in [0.2, 0.25) is 0 Å². The SMILES string of the molecule is Cc1ccc2[nH]c(=O)n(CC3CCCCN3)c(=O)c2c1. The fourth-order valence-electron chi connectivity index (χ4n) is 2.83. The van der Waals surface area contributed by atoms with Crippen molar-refractivity contribution in [2.75, 3.05) is 6.54 Å². The van der Waals surface area contributed by atoms with E-state index in [4.69, 9.17) is 0 Å². The van der Waals surface area contributed by atoms with Crippen LogP contribution in [-0.4, -0.2) is 22.1 Å². The first-order valence-electron chi connectivity index (χ1n) is 7.12. The number of H-pyrrole nitrogens is 1. The molecule has 0 saturated carbocycles. The van der Waals surface area contributed by atoms with Gasteiger partial charge in [0, 0.05) is 12.6 Å². The molecule has 1 aliphatic rings. The Balaban J connectivity index is 2.05. The highest BCUT2D eigenvalue weighted by Gasteiger charge is 2.16. The smallest absolute Gasteiger partial charge is 0.312 e. The summed E-state index contributed by atoms with van der Waals surface area (Å²) in [4.78, 5) is 27.4. The second kappa shape index (κ2) is 5.25. The van der Waals surface area contributed by atoms with Crippen LogP contribution in [0.25, 0.3) is 10.9 Å². The van der Waals surface area contributed by atoms with Crippen molar-refractivity contribution in [3.05, 3.63) is 44.6 Å². The summed E-state index contributed by atoms with van der Waals surface area (Å²) in [6.07, 6.45) is 3.33. The predicted octanol–water partition coefficient (Wildman–Crippen LogP) is 1.14. The van der Waals surface area contributed by atoms with E-state index in [1.165, 1.54) is 11.0 Å². The van der Waals surface area contributed by atoms with Gasteiger partial charge in [0.25, 0.3) is 5.56 Å². The molecule has 5 nitrogen and oxygen atoms in total. The third-order valence-corrected chi connectivity index (χ3v) is 3.95. The number of benzene rings is 1. The summed E-state index contributed by atoms with van der Waals surface area (Å²) in [6, 6.07) is 5.73. The third-order valence-electron chi connectivity index (χ3n) is 3.95. The topological polar surface area (TPSA) is 66.9 Å². The Morgan fingerprint density at radius 3 is 2.90 bits per heavy atom. The van der Waals surface area contributed by atoms with Crippen molar-refractivity contribution >= 4 is 10.9 Å². The Bertz CT molecular complexity index is 739. The average molecular weight is 273 g/mol. The molecular weight excluding hydrogens is 254 g/mol. The number of aryl methyl sites for hydroxylation is 1. The van der Waals surface area contributed by atoms with Crippen molar-refractivity contribution in [1.29, 1.82) is 0 Å².